The van der Waals surface area contributed by atoms with E-state index in [9.17, 15) is 13.2 Å². The van der Waals surface area contributed by atoms with Gasteiger partial charge >= 0.3 is 0 Å². The fourth-order valence-corrected chi connectivity index (χ4v) is 4.37. The molecular formula is C20H21N5O5S2. The lowest BCUT2D eigenvalue weighted by atomic mass is 10.2. The van der Waals surface area contributed by atoms with Crippen LogP contribution in [0.4, 0.5) is 5.69 Å². The van der Waals surface area contributed by atoms with E-state index in [1.165, 1.54) is 23.9 Å². The van der Waals surface area contributed by atoms with Crippen molar-refractivity contribution in [3.05, 3.63) is 53.9 Å². The number of hydrogen-bond donors (Lipinski definition) is 2. The zero-order valence-electron chi connectivity index (χ0n) is 17.3. The quantitative estimate of drug-likeness (QED) is 0.516. The summed E-state index contributed by atoms with van der Waals surface area (Å²) in [4.78, 5) is 12.4. The van der Waals surface area contributed by atoms with Crippen molar-refractivity contribution in [3.8, 4) is 11.5 Å². The molecule has 1 aromatic heterocycles. The van der Waals surface area contributed by atoms with E-state index in [1.54, 1.807) is 24.6 Å². The molecule has 10 nitrogen and oxygen atoms in total. The van der Waals surface area contributed by atoms with Crippen LogP contribution in [0, 0.1) is 6.92 Å². The Labute approximate surface area is 189 Å². The van der Waals surface area contributed by atoms with Crippen LogP contribution in [0.15, 0.2) is 52.5 Å². The summed E-state index contributed by atoms with van der Waals surface area (Å²) in [7, 11) is -2.07. The third kappa shape index (κ3) is 4.71. The zero-order chi connectivity index (χ0) is 22.9. The Morgan fingerprint density at radius 3 is 2.75 bits per heavy atom. The molecule has 0 saturated heterocycles. The number of nitrogens with one attached hydrogen (secondary N) is 1. The van der Waals surface area contributed by atoms with Crippen LogP contribution in [0.3, 0.4) is 0 Å². The maximum atomic E-state index is 12.4. The second-order valence-electron chi connectivity index (χ2n) is 7.12. The Kier molecular flexibility index (Phi) is 6.09. The number of hydrogen-bond acceptors (Lipinski definition) is 8. The SMILES string of the molecule is Cc1ccc(S(N)(=O)=O)cc1NC(=O)CSc1nnc(C2COc3ccccc3O2)n1C. The molecular weight excluding hydrogens is 454 g/mol. The van der Waals surface area contributed by atoms with Gasteiger partial charge in [0.15, 0.2) is 28.6 Å². The molecule has 2 heterocycles. The van der Waals surface area contributed by atoms with Gasteiger partial charge in [-0.3, -0.25) is 4.79 Å². The first-order valence-electron chi connectivity index (χ1n) is 9.56. The van der Waals surface area contributed by atoms with Gasteiger partial charge in [-0.05, 0) is 36.8 Å². The average molecular weight is 476 g/mol. The summed E-state index contributed by atoms with van der Waals surface area (Å²) < 4.78 is 36.6. The minimum absolute atomic E-state index is 0.0515. The summed E-state index contributed by atoms with van der Waals surface area (Å²) in [6.07, 6.45) is -0.422. The predicted octanol–water partition coefficient (Wildman–Crippen LogP) is 2.01. The average Bonchev–Trinajstić information content (AvgIpc) is 3.13. The first kappa shape index (κ1) is 22.1. The van der Waals surface area contributed by atoms with Crippen LogP contribution in [0.25, 0.3) is 0 Å². The van der Waals surface area contributed by atoms with Gasteiger partial charge in [0.05, 0.1) is 10.6 Å². The van der Waals surface area contributed by atoms with Gasteiger partial charge in [-0.1, -0.05) is 30.0 Å². The van der Waals surface area contributed by atoms with Crippen molar-refractivity contribution in [2.75, 3.05) is 17.7 Å². The summed E-state index contributed by atoms with van der Waals surface area (Å²) >= 11 is 1.20. The van der Waals surface area contributed by atoms with Crippen molar-refractivity contribution in [1.82, 2.24) is 14.8 Å². The lowest BCUT2D eigenvalue weighted by molar-refractivity contribution is -0.113. The number of carbonyl (C=O) groups is 1. The second-order valence-corrected chi connectivity index (χ2v) is 9.63. The topological polar surface area (TPSA) is 138 Å². The van der Waals surface area contributed by atoms with Gasteiger partial charge in [0, 0.05) is 12.7 Å². The normalized spacial score (nSPS) is 15.4. The number of sulfonamides is 1. The Balaban J connectivity index is 1.40. The van der Waals surface area contributed by atoms with E-state index in [4.69, 9.17) is 14.6 Å². The molecule has 1 atom stereocenters. The number of nitrogens with zero attached hydrogens (tertiary/aromatic N) is 3. The number of fused-ring (bicyclic) bond motifs is 1. The highest BCUT2D eigenvalue weighted by molar-refractivity contribution is 7.99. The van der Waals surface area contributed by atoms with Crippen molar-refractivity contribution in [2.24, 2.45) is 12.2 Å². The van der Waals surface area contributed by atoms with Crippen LogP contribution in [-0.4, -0.2) is 41.4 Å². The molecule has 1 aliphatic rings. The maximum Gasteiger partial charge on any atom is 0.238 e. The highest BCUT2D eigenvalue weighted by Crippen LogP contribution is 2.35. The van der Waals surface area contributed by atoms with Gasteiger partial charge in [0.2, 0.25) is 15.9 Å². The second kappa shape index (κ2) is 8.81. The van der Waals surface area contributed by atoms with Crippen molar-refractivity contribution in [2.45, 2.75) is 23.1 Å². The van der Waals surface area contributed by atoms with E-state index < -0.39 is 16.1 Å². The number of anilines is 1. The van der Waals surface area contributed by atoms with Crippen LogP contribution >= 0.6 is 11.8 Å². The van der Waals surface area contributed by atoms with Crippen LogP contribution in [0.5, 0.6) is 11.5 Å². The minimum Gasteiger partial charge on any atom is -0.485 e. The van der Waals surface area contributed by atoms with Gasteiger partial charge in [-0.2, -0.15) is 0 Å². The number of benzene rings is 2. The lowest BCUT2D eigenvalue weighted by Crippen LogP contribution is -2.24. The molecule has 0 aliphatic carbocycles. The third-order valence-corrected chi connectivity index (χ3v) is 6.74. The number of rotatable bonds is 6. The number of nitrogens with two attached hydrogens (primary N) is 1. The molecule has 0 radical (unpaired) electrons. The van der Waals surface area contributed by atoms with Crippen LogP contribution in [-0.2, 0) is 21.9 Å². The van der Waals surface area contributed by atoms with Gasteiger partial charge in [0.1, 0.15) is 6.61 Å². The number of aryl methyl sites for hydroxylation is 1. The largest absolute Gasteiger partial charge is 0.485 e. The van der Waals surface area contributed by atoms with E-state index in [2.05, 4.69) is 15.5 Å². The van der Waals surface area contributed by atoms with E-state index >= 15 is 0 Å². The standard InChI is InChI=1S/C20H21N5O5S2/c1-12-7-8-13(32(21,27)28)9-14(12)22-18(26)11-31-20-24-23-19(25(20)2)17-10-29-15-5-3-4-6-16(15)30-17/h3-9,17H,10-11H2,1-2H3,(H,22,26)(H2,21,27,28). The van der Waals surface area contributed by atoms with E-state index in [0.717, 1.165) is 0 Å². The molecule has 1 unspecified atom stereocenters. The molecule has 3 N–H and O–H groups in total. The van der Waals surface area contributed by atoms with Crippen molar-refractivity contribution in [3.63, 3.8) is 0 Å². The third-order valence-electron chi connectivity index (χ3n) is 4.81. The summed E-state index contributed by atoms with van der Waals surface area (Å²) in [6, 6.07) is 11.7. The number of primary sulfonamides is 1. The molecule has 4 rings (SSSR count). The molecule has 0 saturated carbocycles. The molecule has 0 fully saturated rings. The maximum absolute atomic E-state index is 12.4. The van der Waals surface area contributed by atoms with Crippen molar-refractivity contribution >= 4 is 33.4 Å². The number of amides is 1. The first-order chi connectivity index (χ1) is 15.2. The lowest BCUT2D eigenvalue weighted by Gasteiger charge is -2.25. The number of para-hydroxylation sites is 2. The molecule has 2 aromatic carbocycles. The van der Waals surface area contributed by atoms with Gasteiger partial charge in [0.25, 0.3) is 0 Å². The molecule has 3 aromatic rings. The summed E-state index contributed by atoms with van der Waals surface area (Å²) in [6.45, 7) is 2.06. The van der Waals surface area contributed by atoms with Crippen molar-refractivity contribution in [1.29, 1.82) is 0 Å². The molecule has 0 spiro atoms. The molecule has 0 bridgehead atoms. The number of carbonyl (C=O) groups excluding carboxylic acids is 1. The summed E-state index contributed by atoms with van der Waals surface area (Å²) in [5, 5.41) is 16.8. The molecule has 1 amide bonds. The Morgan fingerprint density at radius 1 is 1.25 bits per heavy atom. The first-order valence-corrected chi connectivity index (χ1v) is 12.1. The molecule has 12 heteroatoms. The monoisotopic (exact) mass is 475 g/mol. The highest BCUT2D eigenvalue weighted by Gasteiger charge is 2.27. The minimum atomic E-state index is -3.87. The smallest absolute Gasteiger partial charge is 0.238 e. The fraction of sp³-hybridized carbons (Fsp3) is 0.250. The van der Waals surface area contributed by atoms with Crippen molar-refractivity contribution < 1.29 is 22.7 Å². The molecule has 168 valence electrons. The summed E-state index contributed by atoms with van der Waals surface area (Å²) in [5.41, 5.74) is 1.10. The zero-order valence-corrected chi connectivity index (χ0v) is 18.9. The fourth-order valence-electron chi connectivity index (χ4n) is 3.11. The Bertz CT molecular complexity index is 1280. The van der Waals surface area contributed by atoms with E-state index in [-0.39, 0.29) is 16.6 Å². The number of aromatic nitrogens is 3. The Morgan fingerprint density at radius 2 is 2.00 bits per heavy atom. The number of thioether (sulfide) groups is 1. The molecule has 1 aliphatic heterocycles. The summed E-state index contributed by atoms with van der Waals surface area (Å²) in [5.74, 6) is 1.63. The molecule has 32 heavy (non-hydrogen) atoms. The highest BCUT2D eigenvalue weighted by atomic mass is 32.2. The predicted molar refractivity (Wildman–Crippen MR) is 118 cm³/mol. The van der Waals surface area contributed by atoms with Gasteiger partial charge < -0.3 is 19.4 Å². The number of ether oxygens (including phenoxy) is 2. The van der Waals surface area contributed by atoms with Crippen LogP contribution in [0.1, 0.15) is 17.5 Å². The van der Waals surface area contributed by atoms with E-state index in [0.29, 0.717) is 40.3 Å². The van der Waals surface area contributed by atoms with Crippen LogP contribution in [0.2, 0.25) is 0 Å². The Hall–Kier alpha value is -3.09. The van der Waals surface area contributed by atoms with Gasteiger partial charge in [-0.25, -0.2) is 13.6 Å². The van der Waals surface area contributed by atoms with E-state index in [1.807, 2.05) is 24.3 Å². The van der Waals surface area contributed by atoms with Crippen LogP contribution < -0.4 is 19.9 Å². The van der Waals surface area contributed by atoms with Gasteiger partial charge in [-0.15, -0.1) is 10.2 Å².